The number of carbonyl (C=O) groups is 1. The molecule has 0 aromatic heterocycles. The van der Waals surface area contributed by atoms with E-state index in [0.717, 1.165) is 0 Å². The minimum absolute atomic E-state index is 0.131. The number of carbonyl (C=O) groups excluding carboxylic acids is 1. The SMILES string of the molecule is O=C(/C=N/O)OCCCl. The molecule has 0 saturated heterocycles. The third kappa shape index (κ3) is 5.10. The molecule has 0 aliphatic rings. The third-order valence-corrected chi connectivity index (χ3v) is 0.639. The monoisotopic (exact) mass is 151 g/mol. The Kier molecular flexibility index (Phi) is 4.91. The maximum atomic E-state index is 10.2. The lowest BCUT2D eigenvalue weighted by Gasteiger charge is -1.93. The number of nitrogens with zero attached hydrogens (tertiary/aromatic N) is 1. The van der Waals surface area contributed by atoms with E-state index in [0.29, 0.717) is 6.21 Å². The second-order valence-corrected chi connectivity index (χ2v) is 1.48. The summed E-state index contributed by atoms with van der Waals surface area (Å²) in [6.45, 7) is 0.131. The van der Waals surface area contributed by atoms with Crippen molar-refractivity contribution in [3.05, 3.63) is 0 Å². The second kappa shape index (κ2) is 5.37. The normalized spacial score (nSPS) is 9.89. The van der Waals surface area contributed by atoms with Crippen LogP contribution < -0.4 is 0 Å². The van der Waals surface area contributed by atoms with Crippen LogP contribution in [0.2, 0.25) is 0 Å². The molecule has 0 aliphatic heterocycles. The molecule has 0 rings (SSSR count). The molecule has 0 heterocycles. The van der Waals surface area contributed by atoms with Crippen LogP contribution in [0.1, 0.15) is 0 Å². The molecule has 0 aliphatic carbocycles. The van der Waals surface area contributed by atoms with Gasteiger partial charge in [0.05, 0.1) is 5.88 Å². The Hall–Kier alpha value is -0.770. The van der Waals surface area contributed by atoms with Crippen molar-refractivity contribution in [3.63, 3.8) is 0 Å². The van der Waals surface area contributed by atoms with Gasteiger partial charge in [-0.25, -0.2) is 4.79 Å². The van der Waals surface area contributed by atoms with E-state index in [-0.39, 0.29) is 12.5 Å². The van der Waals surface area contributed by atoms with E-state index in [2.05, 4.69) is 9.89 Å². The number of ether oxygens (including phenoxy) is 1. The van der Waals surface area contributed by atoms with E-state index in [1.54, 1.807) is 0 Å². The molecule has 0 spiro atoms. The molecule has 0 saturated carbocycles. The molecule has 0 aromatic carbocycles. The van der Waals surface area contributed by atoms with E-state index in [1.807, 2.05) is 0 Å². The number of alkyl halides is 1. The molecule has 0 bridgehead atoms. The fourth-order valence-electron chi connectivity index (χ4n) is 0.224. The number of halogens is 1. The predicted molar refractivity (Wildman–Crippen MR) is 32.0 cm³/mol. The molecule has 5 heteroatoms. The Labute approximate surface area is 57.1 Å². The highest BCUT2D eigenvalue weighted by Gasteiger charge is 1.94. The zero-order valence-electron chi connectivity index (χ0n) is 4.58. The summed E-state index contributed by atoms with van der Waals surface area (Å²) < 4.78 is 4.35. The summed E-state index contributed by atoms with van der Waals surface area (Å²) in [5, 5.41) is 10.2. The number of hydrogen-bond donors (Lipinski definition) is 1. The first-order chi connectivity index (χ1) is 4.31. The summed E-state index contributed by atoms with van der Waals surface area (Å²) in [6, 6.07) is 0. The van der Waals surface area contributed by atoms with Gasteiger partial charge >= 0.3 is 5.97 Å². The largest absolute Gasteiger partial charge is 0.460 e. The van der Waals surface area contributed by atoms with Gasteiger partial charge in [0.25, 0.3) is 0 Å². The highest BCUT2D eigenvalue weighted by Crippen LogP contribution is 1.78. The maximum absolute atomic E-state index is 10.2. The summed E-state index contributed by atoms with van der Waals surface area (Å²) in [7, 11) is 0. The Morgan fingerprint density at radius 3 is 3.00 bits per heavy atom. The van der Waals surface area contributed by atoms with Crippen LogP contribution in [0.25, 0.3) is 0 Å². The topological polar surface area (TPSA) is 58.9 Å². The fourth-order valence-corrected chi connectivity index (χ4v) is 0.301. The molecular formula is C4H6ClNO3. The van der Waals surface area contributed by atoms with Crippen LogP contribution in [0.5, 0.6) is 0 Å². The second-order valence-electron chi connectivity index (χ2n) is 1.10. The van der Waals surface area contributed by atoms with Crippen molar-refractivity contribution in [2.75, 3.05) is 12.5 Å². The van der Waals surface area contributed by atoms with Crippen molar-refractivity contribution >= 4 is 23.8 Å². The Morgan fingerprint density at radius 2 is 2.56 bits per heavy atom. The van der Waals surface area contributed by atoms with Gasteiger partial charge in [0.1, 0.15) is 6.61 Å². The van der Waals surface area contributed by atoms with Crippen molar-refractivity contribution in [2.24, 2.45) is 5.16 Å². The molecule has 1 N–H and O–H groups in total. The fraction of sp³-hybridized carbons (Fsp3) is 0.500. The number of rotatable bonds is 3. The molecular weight excluding hydrogens is 146 g/mol. The molecule has 0 amide bonds. The number of hydrogen-bond acceptors (Lipinski definition) is 4. The standard InChI is InChI=1S/C4H6ClNO3/c5-1-2-9-4(7)3-6-8/h3,8H,1-2H2/b6-3+. The molecule has 9 heavy (non-hydrogen) atoms. The molecule has 0 unspecified atom stereocenters. The van der Waals surface area contributed by atoms with Gasteiger partial charge < -0.3 is 9.94 Å². The van der Waals surface area contributed by atoms with Crippen LogP contribution in [0.15, 0.2) is 5.16 Å². The highest BCUT2D eigenvalue weighted by atomic mass is 35.5. The van der Waals surface area contributed by atoms with Gasteiger partial charge in [0.15, 0.2) is 6.21 Å². The van der Waals surface area contributed by atoms with Gasteiger partial charge in [0, 0.05) is 0 Å². The van der Waals surface area contributed by atoms with Crippen LogP contribution >= 0.6 is 11.6 Å². The van der Waals surface area contributed by atoms with Gasteiger partial charge in [-0.1, -0.05) is 5.16 Å². The van der Waals surface area contributed by atoms with Gasteiger partial charge in [-0.2, -0.15) is 0 Å². The van der Waals surface area contributed by atoms with Crippen molar-refractivity contribution < 1.29 is 14.7 Å². The lowest BCUT2D eigenvalue weighted by molar-refractivity contribution is -0.134. The average Bonchev–Trinajstić information content (AvgIpc) is 1.85. The lowest BCUT2D eigenvalue weighted by atomic mass is 10.7. The first-order valence-electron chi connectivity index (χ1n) is 2.21. The zero-order chi connectivity index (χ0) is 7.11. The van der Waals surface area contributed by atoms with Crippen molar-refractivity contribution in [3.8, 4) is 0 Å². The van der Waals surface area contributed by atoms with Gasteiger partial charge in [-0.05, 0) is 0 Å². The third-order valence-electron chi connectivity index (χ3n) is 0.485. The molecule has 4 nitrogen and oxygen atoms in total. The summed E-state index contributed by atoms with van der Waals surface area (Å²) in [5.41, 5.74) is 0. The van der Waals surface area contributed by atoms with E-state index in [1.165, 1.54) is 0 Å². The maximum Gasteiger partial charge on any atom is 0.352 e. The predicted octanol–water partition coefficient (Wildman–Crippen LogP) is 0.228. The summed E-state index contributed by atoms with van der Waals surface area (Å²) >= 11 is 5.16. The average molecular weight is 152 g/mol. The molecule has 0 radical (unpaired) electrons. The zero-order valence-corrected chi connectivity index (χ0v) is 5.34. The molecule has 52 valence electrons. The van der Waals surface area contributed by atoms with E-state index < -0.39 is 5.97 Å². The van der Waals surface area contributed by atoms with Crippen LogP contribution in [0, 0.1) is 0 Å². The Balaban J connectivity index is 3.27. The Bertz CT molecular complexity index is 114. The van der Waals surface area contributed by atoms with Crippen LogP contribution in [0.4, 0.5) is 0 Å². The van der Waals surface area contributed by atoms with Crippen LogP contribution in [0.3, 0.4) is 0 Å². The molecule has 0 atom stereocenters. The first kappa shape index (κ1) is 8.23. The molecule has 0 aromatic rings. The van der Waals surface area contributed by atoms with Gasteiger partial charge in [0.2, 0.25) is 0 Å². The smallest absolute Gasteiger partial charge is 0.352 e. The van der Waals surface area contributed by atoms with E-state index in [9.17, 15) is 4.79 Å². The number of esters is 1. The minimum atomic E-state index is -0.696. The van der Waals surface area contributed by atoms with Gasteiger partial charge in [-0.3, -0.25) is 0 Å². The van der Waals surface area contributed by atoms with Crippen molar-refractivity contribution in [1.82, 2.24) is 0 Å². The van der Waals surface area contributed by atoms with E-state index in [4.69, 9.17) is 16.8 Å². The van der Waals surface area contributed by atoms with Crippen LogP contribution in [-0.2, 0) is 9.53 Å². The summed E-state index contributed by atoms with van der Waals surface area (Å²) in [4.78, 5) is 10.2. The van der Waals surface area contributed by atoms with Crippen LogP contribution in [-0.4, -0.2) is 29.9 Å². The minimum Gasteiger partial charge on any atom is -0.460 e. The Morgan fingerprint density at radius 1 is 1.89 bits per heavy atom. The lowest BCUT2D eigenvalue weighted by Crippen LogP contribution is -2.07. The first-order valence-corrected chi connectivity index (χ1v) is 2.75. The highest BCUT2D eigenvalue weighted by molar-refractivity contribution is 6.23. The van der Waals surface area contributed by atoms with E-state index >= 15 is 0 Å². The number of oxime groups is 1. The van der Waals surface area contributed by atoms with Crippen molar-refractivity contribution in [2.45, 2.75) is 0 Å². The van der Waals surface area contributed by atoms with Crippen molar-refractivity contribution in [1.29, 1.82) is 0 Å². The molecule has 0 fully saturated rings. The van der Waals surface area contributed by atoms with Gasteiger partial charge in [-0.15, -0.1) is 11.6 Å². The quantitative estimate of drug-likeness (QED) is 0.207. The summed E-state index contributed by atoms with van der Waals surface area (Å²) in [6.07, 6.45) is 0.659. The summed E-state index contributed by atoms with van der Waals surface area (Å²) in [5.74, 6) is -0.455.